The van der Waals surface area contributed by atoms with E-state index in [1.807, 2.05) is 13.1 Å². The number of rotatable bonds is 2. The van der Waals surface area contributed by atoms with E-state index in [0.717, 1.165) is 19.3 Å². The van der Waals surface area contributed by atoms with Gasteiger partial charge in [0.25, 0.3) is 5.91 Å². The van der Waals surface area contributed by atoms with Gasteiger partial charge in [-0.25, -0.2) is 0 Å². The average molecular weight is 281 g/mol. The van der Waals surface area contributed by atoms with Gasteiger partial charge in [0.15, 0.2) is 0 Å². The number of hydrogen-bond donors (Lipinski definition) is 1. The number of nitrogens with zero attached hydrogens (tertiary/aromatic N) is 1. The summed E-state index contributed by atoms with van der Waals surface area (Å²) in [6, 6.07) is 15.3. The van der Waals surface area contributed by atoms with E-state index < -0.39 is 0 Å². The lowest BCUT2D eigenvalue weighted by Crippen LogP contribution is -2.40. The minimum Gasteiger partial charge on any atom is -0.507 e. The number of likely N-dealkylation sites (N-methyl/N-ethyl adjacent to an activating group) is 1. The Kier molecular flexibility index (Phi) is 3.65. The van der Waals surface area contributed by atoms with Crippen molar-refractivity contribution >= 4 is 5.91 Å². The van der Waals surface area contributed by atoms with E-state index in [9.17, 15) is 9.90 Å². The molecule has 0 aromatic heterocycles. The first-order valence-electron chi connectivity index (χ1n) is 7.29. The molecule has 3 heteroatoms. The van der Waals surface area contributed by atoms with Crippen LogP contribution < -0.4 is 0 Å². The molecule has 1 aliphatic rings. The monoisotopic (exact) mass is 281 g/mol. The number of benzene rings is 2. The lowest BCUT2D eigenvalue weighted by Gasteiger charge is -2.32. The van der Waals surface area contributed by atoms with Gasteiger partial charge in [0.05, 0.1) is 5.56 Å². The van der Waals surface area contributed by atoms with Crippen LogP contribution in [0.5, 0.6) is 5.75 Å². The molecular weight excluding hydrogens is 262 g/mol. The maximum absolute atomic E-state index is 12.5. The minimum atomic E-state index is -0.113. The van der Waals surface area contributed by atoms with E-state index >= 15 is 0 Å². The number of carbonyl (C=O) groups is 1. The first-order chi connectivity index (χ1) is 10.2. The first-order valence-corrected chi connectivity index (χ1v) is 7.29. The van der Waals surface area contributed by atoms with Gasteiger partial charge in [-0.1, -0.05) is 36.4 Å². The molecule has 0 spiro atoms. The molecule has 0 heterocycles. The van der Waals surface area contributed by atoms with E-state index in [0.29, 0.717) is 5.56 Å². The van der Waals surface area contributed by atoms with Crippen molar-refractivity contribution in [2.45, 2.75) is 25.3 Å². The predicted molar refractivity (Wildman–Crippen MR) is 82.5 cm³/mol. The van der Waals surface area contributed by atoms with Gasteiger partial charge < -0.3 is 10.0 Å². The number of hydrogen-bond acceptors (Lipinski definition) is 2. The normalized spacial score (nSPS) is 17.1. The van der Waals surface area contributed by atoms with Gasteiger partial charge in [-0.05, 0) is 42.5 Å². The van der Waals surface area contributed by atoms with Crippen molar-refractivity contribution < 1.29 is 9.90 Å². The summed E-state index contributed by atoms with van der Waals surface area (Å²) in [5.74, 6) is -0.0666. The van der Waals surface area contributed by atoms with E-state index in [4.69, 9.17) is 0 Å². The van der Waals surface area contributed by atoms with Crippen LogP contribution in [0.1, 0.15) is 27.9 Å². The summed E-state index contributed by atoms with van der Waals surface area (Å²) in [6.07, 6.45) is 2.85. The first kappa shape index (κ1) is 13.7. The van der Waals surface area contributed by atoms with Crippen LogP contribution in [0.2, 0.25) is 0 Å². The second-order valence-electron chi connectivity index (χ2n) is 5.60. The highest BCUT2D eigenvalue weighted by Crippen LogP contribution is 2.26. The lowest BCUT2D eigenvalue weighted by molar-refractivity contribution is 0.0716. The van der Waals surface area contributed by atoms with Crippen molar-refractivity contribution in [3.05, 3.63) is 65.2 Å². The SMILES string of the molecule is CN(C(=O)c1ccccc1O)C1CCc2ccccc2C1. The van der Waals surface area contributed by atoms with Crippen LogP contribution in [-0.4, -0.2) is 29.0 Å². The van der Waals surface area contributed by atoms with Crippen molar-refractivity contribution in [3.8, 4) is 5.75 Å². The number of carbonyl (C=O) groups excluding carboxylic acids is 1. The summed E-state index contributed by atoms with van der Waals surface area (Å²) in [5.41, 5.74) is 3.08. The molecule has 0 fully saturated rings. The fraction of sp³-hybridized carbons (Fsp3) is 0.278. The lowest BCUT2D eigenvalue weighted by atomic mass is 9.87. The molecule has 1 amide bonds. The second kappa shape index (κ2) is 5.60. The van der Waals surface area contributed by atoms with Crippen molar-refractivity contribution in [2.75, 3.05) is 7.05 Å². The fourth-order valence-electron chi connectivity index (χ4n) is 3.02. The van der Waals surface area contributed by atoms with Gasteiger partial charge in [-0.2, -0.15) is 0 Å². The van der Waals surface area contributed by atoms with Gasteiger partial charge >= 0.3 is 0 Å². The summed E-state index contributed by atoms with van der Waals surface area (Å²) in [6.45, 7) is 0. The van der Waals surface area contributed by atoms with Crippen molar-refractivity contribution in [1.29, 1.82) is 0 Å². The third kappa shape index (κ3) is 2.64. The van der Waals surface area contributed by atoms with Crippen molar-refractivity contribution in [3.63, 3.8) is 0 Å². The molecule has 3 nitrogen and oxygen atoms in total. The van der Waals surface area contributed by atoms with E-state index in [1.54, 1.807) is 29.2 Å². The van der Waals surface area contributed by atoms with Crippen LogP contribution in [0.4, 0.5) is 0 Å². The molecule has 1 N–H and O–H groups in total. The maximum Gasteiger partial charge on any atom is 0.257 e. The van der Waals surface area contributed by atoms with Crippen LogP contribution >= 0.6 is 0 Å². The van der Waals surface area contributed by atoms with Gasteiger partial charge in [0, 0.05) is 13.1 Å². The Bertz CT molecular complexity index is 666. The highest BCUT2D eigenvalue weighted by molar-refractivity contribution is 5.96. The van der Waals surface area contributed by atoms with E-state index in [-0.39, 0.29) is 17.7 Å². The van der Waals surface area contributed by atoms with Crippen LogP contribution in [0.25, 0.3) is 0 Å². The quantitative estimate of drug-likeness (QED) is 0.919. The topological polar surface area (TPSA) is 40.5 Å². The van der Waals surface area contributed by atoms with Gasteiger partial charge in [0.2, 0.25) is 0 Å². The molecule has 2 aromatic rings. The standard InChI is InChI=1S/C18H19NO2/c1-19(18(21)16-8-4-5-9-17(16)20)15-11-10-13-6-2-3-7-14(13)12-15/h2-9,15,20H,10-12H2,1H3. The molecule has 2 aromatic carbocycles. The van der Waals surface area contributed by atoms with Gasteiger partial charge in [-0.3, -0.25) is 4.79 Å². The molecule has 1 aliphatic carbocycles. The van der Waals surface area contributed by atoms with Gasteiger partial charge in [-0.15, -0.1) is 0 Å². The molecule has 108 valence electrons. The number of phenols is 1. The second-order valence-corrected chi connectivity index (χ2v) is 5.60. The number of fused-ring (bicyclic) bond motifs is 1. The molecular formula is C18H19NO2. The van der Waals surface area contributed by atoms with Crippen molar-refractivity contribution in [2.24, 2.45) is 0 Å². The predicted octanol–water partition coefficient (Wildman–Crippen LogP) is 3.02. The Balaban J connectivity index is 1.79. The average Bonchev–Trinajstić information content (AvgIpc) is 2.53. The zero-order valence-electron chi connectivity index (χ0n) is 12.1. The summed E-state index contributed by atoms with van der Waals surface area (Å²) < 4.78 is 0. The number of amides is 1. The summed E-state index contributed by atoms with van der Waals surface area (Å²) >= 11 is 0. The van der Waals surface area contributed by atoms with Crippen LogP contribution in [0.3, 0.4) is 0 Å². The molecule has 1 atom stereocenters. The Morgan fingerprint density at radius 2 is 1.76 bits per heavy atom. The zero-order chi connectivity index (χ0) is 14.8. The molecule has 0 radical (unpaired) electrons. The molecule has 0 aliphatic heterocycles. The molecule has 21 heavy (non-hydrogen) atoms. The minimum absolute atomic E-state index is 0.0468. The zero-order valence-corrected chi connectivity index (χ0v) is 12.1. The highest BCUT2D eigenvalue weighted by Gasteiger charge is 2.26. The molecule has 1 unspecified atom stereocenters. The van der Waals surface area contributed by atoms with Crippen LogP contribution in [0, 0.1) is 0 Å². The molecule has 3 rings (SSSR count). The smallest absolute Gasteiger partial charge is 0.257 e. The Morgan fingerprint density at radius 1 is 1.10 bits per heavy atom. The van der Waals surface area contributed by atoms with Gasteiger partial charge in [0.1, 0.15) is 5.75 Å². The Labute approximate surface area is 124 Å². The van der Waals surface area contributed by atoms with E-state index in [2.05, 4.69) is 18.2 Å². The Hall–Kier alpha value is -2.29. The van der Waals surface area contributed by atoms with E-state index in [1.165, 1.54) is 11.1 Å². The molecule has 0 saturated heterocycles. The third-order valence-electron chi connectivity index (χ3n) is 4.32. The molecule has 0 saturated carbocycles. The fourth-order valence-corrected chi connectivity index (χ4v) is 3.02. The molecule has 0 bridgehead atoms. The third-order valence-corrected chi connectivity index (χ3v) is 4.32. The summed E-state index contributed by atoms with van der Waals surface area (Å²) in [5, 5.41) is 9.84. The number of aryl methyl sites for hydroxylation is 1. The van der Waals surface area contributed by atoms with Crippen LogP contribution in [0.15, 0.2) is 48.5 Å². The maximum atomic E-state index is 12.5. The summed E-state index contributed by atoms with van der Waals surface area (Å²) in [4.78, 5) is 14.3. The van der Waals surface area contributed by atoms with Crippen molar-refractivity contribution in [1.82, 2.24) is 4.90 Å². The number of phenolic OH excluding ortho intramolecular Hbond substituents is 1. The highest BCUT2D eigenvalue weighted by atomic mass is 16.3. The largest absolute Gasteiger partial charge is 0.507 e. The van der Waals surface area contributed by atoms with Crippen LogP contribution in [-0.2, 0) is 12.8 Å². The number of para-hydroxylation sites is 1. The summed E-state index contributed by atoms with van der Waals surface area (Å²) in [7, 11) is 1.83. The number of aromatic hydroxyl groups is 1. The Morgan fingerprint density at radius 3 is 2.52 bits per heavy atom.